The monoisotopic (exact) mass is 526 g/mol. The van der Waals surface area contributed by atoms with Crippen LogP contribution in [-0.2, 0) is 0 Å². The van der Waals surface area contributed by atoms with Crippen LogP contribution >= 0.6 is 39.3 Å². The molecule has 8 nitrogen and oxygen atoms in total. The second kappa shape index (κ2) is 10.3. The van der Waals surface area contributed by atoms with Crippen molar-refractivity contribution in [2.24, 2.45) is 0 Å². The minimum atomic E-state index is -0.552. The van der Waals surface area contributed by atoms with Crippen molar-refractivity contribution in [1.29, 1.82) is 0 Å². The molecule has 0 unspecified atom stereocenters. The minimum absolute atomic E-state index is 0.313. The Morgan fingerprint density at radius 2 is 1.97 bits per heavy atom. The van der Waals surface area contributed by atoms with Gasteiger partial charge < -0.3 is 9.47 Å². The van der Waals surface area contributed by atoms with E-state index in [-0.39, 0.29) is 11.5 Å². The molecule has 3 aromatic rings. The van der Waals surface area contributed by atoms with E-state index < -0.39 is 5.25 Å². The van der Waals surface area contributed by atoms with Crippen LogP contribution in [-0.4, -0.2) is 39.9 Å². The largest absolute Gasteiger partial charge is 0.493 e. The molecule has 0 saturated carbocycles. The first-order valence-corrected chi connectivity index (χ1v) is 11.4. The number of halogens is 2. The van der Waals surface area contributed by atoms with E-state index in [9.17, 15) is 10.1 Å². The third-order valence-corrected chi connectivity index (χ3v) is 6.47. The lowest BCUT2D eigenvalue weighted by molar-refractivity contribution is -0.479. The average Bonchev–Trinajstić information content (AvgIpc) is 3.08. The second-order valence-corrected chi connectivity index (χ2v) is 8.88. The van der Waals surface area contributed by atoms with Crippen LogP contribution in [0.3, 0.4) is 0 Å². The molecule has 0 amide bonds. The smallest absolute Gasteiger partial charge is 0.220 e. The van der Waals surface area contributed by atoms with E-state index in [0.29, 0.717) is 44.1 Å². The number of rotatable bonds is 9. The summed E-state index contributed by atoms with van der Waals surface area (Å²) in [6.45, 7) is 3.86. The van der Waals surface area contributed by atoms with Gasteiger partial charge in [0.1, 0.15) is 11.1 Å². The number of nitro groups is 1. The van der Waals surface area contributed by atoms with Crippen molar-refractivity contribution in [3.8, 4) is 17.2 Å². The summed E-state index contributed by atoms with van der Waals surface area (Å²) >= 11 is 10.8. The predicted octanol–water partition coefficient (Wildman–Crippen LogP) is 5.51. The fourth-order valence-corrected chi connectivity index (χ4v) is 5.07. The SMILES string of the molecule is CCOc1cc(Br)c([C@@H](C[N+](=O)[O-])Sc2nnc(C)n2-c2ccc(Cl)cc2)cc1OC. The van der Waals surface area contributed by atoms with Crippen LogP contribution in [0.1, 0.15) is 23.6 Å². The molecule has 0 spiro atoms. The van der Waals surface area contributed by atoms with Gasteiger partial charge in [0.2, 0.25) is 6.54 Å². The van der Waals surface area contributed by atoms with Gasteiger partial charge in [0.25, 0.3) is 0 Å². The van der Waals surface area contributed by atoms with Crippen molar-refractivity contribution in [2.45, 2.75) is 24.3 Å². The maximum Gasteiger partial charge on any atom is 0.220 e. The van der Waals surface area contributed by atoms with Gasteiger partial charge in [0.05, 0.1) is 13.7 Å². The number of hydrogen-bond donors (Lipinski definition) is 0. The zero-order chi connectivity index (χ0) is 22.5. The lowest BCUT2D eigenvalue weighted by Crippen LogP contribution is -2.12. The third kappa shape index (κ3) is 5.50. The molecule has 1 aromatic heterocycles. The summed E-state index contributed by atoms with van der Waals surface area (Å²) in [7, 11) is 1.53. The molecule has 1 heterocycles. The highest BCUT2D eigenvalue weighted by Gasteiger charge is 2.27. The average molecular weight is 528 g/mol. The lowest BCUT2D eigenvalue weighted by atomic mass is 10.1. The topological polar surface area (TPSA) is 92.3 Å². The zero-order valence-corrected chi connectivity index (χ0v) is 20.2. The highest BCUT2D eigenvalue weighted by molar-refractivity contribution is 9.10. The normalized spacial score (nSPS) is 11.9. The summed E-state index contributed by atoms with van der Waals surface area (Å²) in [4.78, 5) is 11.1. The molecule has 0 fully saturated rings. The summed E-state index contributed by atoms with van der Waals surface area (Å²) in [5.74, 6) is 1.73. The number of ether oxygens (including phenoxy) is 2. The fraction of sp³-hybridized carbons (Fsp3) is 0.300. The second-order valence-electron chi connectivity index (χ2n) is 6.42. The molecule has 11 heteroatoms. The fourth-order valence-electron chi connectivity index (χ4n) is 2.99. The standard InChI is InChI=1S/C20H20BrClN4O4S/c1-4-30-18-10-16(21)15(9-17(18)29-3)19(11-25(27)28)31-20-24-23-12(2)26(20)14-7-5-13(22)6-8-14/h5-10,19H,4,11H2,1-3H3/t19-/m1/s1. The van der Waals surface area contributed by atoms with Crippen molar-refractivity contribution in [2.75, 3.05) is 20.3 Å². The van der Waals surface area contributed by atoms with Gasteiger partial charge in [-0.05, 0) is 55.8 Å². The molecule has 2 aromatic carbocycles. The molecule has 31 heavy (non-hydrogen) atoms. The Bertz CT molecular complexity index is 1080. The van der Waals surface area contributed by atoms with Gasteiger partial charge in [-0.2, -0.15) is 0 Å². The molecule has 0 N–H and O–H groups in total. The summed E-state index contributed by atoms with van der Waals surface area (Å²) in [5, 5.41) is 20.5. The molecule has 0 radical (unpaired) electrons. The number of aryl methyl sites for hydroxylation is 1. The van der Waals surface area contributed by atoms with Gasteiger partial charge in [-0.15, -0.1) is 10.2 Å². The molecule has 1 atom stereocenters. The van der Waals surface area contributed by atoms with Crippen LogP contribution in [0.5, 0.6) is 11.5 Å². The number of methoxy groups -OCH3 is 1. The first-order valence-electron chi connectivity index (χ1n) is 9.30. The number of benzene rings is 2. The Kier molecular flexibility index (Phi) is 7.79. The first-order chi connectivity index (χ1) is 14.8. The summed E-state index contributed by atoms with van der Waals surface area (Å²) in [5.41, 5.74) is 1.52. The Labute approximate surface area is 197 Å². The first kappa shape index (κ1) is 23.4. The molecule has 0 aliphatic carbocycles. The van der Waals surface area contributed by atoms with Crippen molar-refractivity contribution in [1.82, 2.24) is 14.8 Å². The van der Waals surface area contributed by atoms with Crippen LogP contribution in [0.4, 0.5) is 0 Å². The summed E-state index contributed by atoms with van der Waals surface area (Å²) in [6.07, 6.45) is 0. The maximum absolute atomic E-state index is 11.5. The lowest BCUT2D eigenvalue weighted by Gasteiger charge is -2.18. The highest BCUT2D eigenvalue weighted by atomic mass is 79.9. The molecule has 0 aliphatic heterocycles. The maximum atomic E-state index is 11.5. The quantitative estimate of drug-likeness (QED) is 0.206. The van der Waals surface area contributed by atoms with E-state index in [1.807, 2.05) is 30.5 Å². The van der Waals surface area contributed by atoms with Crippen molar-refractivity contribution < 1.29 is 14.4 Å². The van der Waals surface area contributed by atoms with Crippen LogP contribution in [0.25, 0.3) is 5.69 Å². The number of hydrogen-bond acceptors (Lipinski definition) is 7. The molecule has 3 rings (SSSR count). The van der Waals surface area contributed by atoms with Crippen LogP contribution < -0.4 is 9.47 Å². The Balaban J connectivity index is 2.03. The van der Waals surface area contributed by atoms with Gasteiger partial charge in [-0.3, -0.25) is 14.7 Å². The zero-order valence-electron chi connectivity index (χ0n) is 17.0. The number of nitrogens with zero attached hydrogens (tertiary/aromatic N) is 4. The van der Waals surface area contributed by atoms with E-state index in [2.05, 4.69) is 26.1 Å². The van der Waals surface area contributed by atoms with Gasteiger partial charge >= 0.3 is 0 Å². The Morgan fingerprint density at radius 3 is 2.58 bits per heavy atom. The molecule has 0 bridgehead atoms. The van der Waals surface area contributed by atoms with Crippen molar-refractivity contribution in [3.63, 3.8) is 0 Å². The number of thioether (sulfide) groups is 1. The van der Waals surface area contributed by atoms with Gasteiger partial charge in [-0.1, -0.05) is 39.3 Å². The van der Waals surface area contributed by atoms with E-state index >= 15 is 0 Å². The van der Waals surface area contributed by atoms with Crippen LogP contribution in [0, 0.1) is 17.0 Å². The van der Waals surface area contributed by atoms with Crippen LogP contribution in [0.15, 0.2) is 46.0 Å². The van der Waals surface area contributed by atoms with E-state index in [1.54, 1.807) is 24.3 Å². The molecule has 0 saturated heterocycles. The molecule has 164 valence electrons. The van der Waals surface area contributed by atoms with E-state index in [0.717, 1.165) is 5.69 Å². The van der Waals surface area contributed by atoms with Gasteiger partial charge in [0.15, 0.2) is 16.7 Å². The summed E-state index contributed by atoms with van der Waals surface area (Å²) in [6, 6.07) is 10.8. The Hall–Kier alpha value is -2.30. The Morgan fingerprint density at radius 1 is 1.26 bits per heavy atom. The molecular formula is C20H20BrClN4O4S. The molecule has 0 aliphatic rings. The third-order valence-electron chi connectivity index (χ3n) is 4.37. The van der Waals surface area contributed by atoms with E-state index in [4.69, 9.17) is 21.1 Å². The highest BCUT2D eigenvalue weighted by Crippen LogP contribution is 2.43. The van der Waals surface area contributed by atoms with Crippen LogP contribution in [0.2, 0.25) is 5.02 Å². The van der Waals surface area contributed by atoms with Gasteiger partial charge in [0, 0.05) is 20.1 Å². The van der Waals surface area contributed by atoms with Gasteiger partial charge in [-0.25, -0.2) is 0 Å². The predicted molar refractivity (Wildman–Crippen MR) is 123 cm³/mol. The van der Waals surface area contributed by atoms with Crippen molar-refractivity contribution in [3.05, 3.63) is 67.4 Å². The number of aromatic nitrogens is 3. The summed E-state index contributed by atoms with van der Waals surface area (Å²) < 4.78 is 13.6. The minimum Gasteiger partial charge on any atom is -0.493 e. The molecular weight excluding hydrogens is 508 g/mol. The van der Waals surface area contributed by atoms with E-state index in [1.165, 1.54) is 18.9 Å². The van der Waals surface area contributed by atoms with Crippen molar-refractivity contribution >= 4 is 39.3 Å².